The van der Waals surface area contributed by atoms with Gasteiger partial charge in [0, 0.05) is 0 Å². The van der Waals surface area contributed by atoms with E-state index in [1.165, 1.54) is 180 Å². The summed E-state index contributed by atoms with van der Waals surface area (Å²) < 4.78 is 0. The maximum absolute atomic E-state index is 1.50. The van der Waals surface area contributed by atoms with Crippen LogP contribution in [0, 0.1) is 0 Å². The van der Waals surface area contributed by atoms with Crippen molar-refractivity contribution in [1.82, 2.24) is 0 Å². The molecule has 28 heavy (non-hydrogen) atoms. The van der Waals surface area contributed by atoms with Gasteiger partial charge in [0.25, 0.3) is 0 Å². The Bertz CT molecular complexity index is 159. The molecule has 0 heteroatoms. The molecule has 4 saturated carbocycles. The van der Waals surface area contributed by atoms with Gasteiger partial charge in [0.1, 0.15) is 0 Å². The van der Waals surface area contributed by atoms with Gasteiger partial charge in [-0.05, 0) is 0 Å². The molecule has 0 spiro atoms. The van der Waals surface area contributed by atoms with E-state index in [0.717, 1.165) is 0 Å². The van der Waals surface area contributed by atoms with Crippen molar-refractivity contribution in [2.45, 2.75) is 180 Å². The predicted octanol–water partition coefficient (Wildman–Crippen LogP) is 10.9. The Kier molecular flexibility index (Phi) is 21.6. The first-order valence-corrected chi connectivity index (χ1v) is 14.0. The van der Waals surface area contributed by atoms with Gasteiger partial charge in [-0.25, -0.2) is 0 Å². The Morgan fingerprint density at radius 2 is 0.107 bits per heavy atom. The van der Waals surface area contributed by atoms with Crippen molar-refractivity contribution in [2.24, 2.45) is 0 Å². The van der Waals surface area contributed by atoms with Gasteiger partial charge in [-0.2, -0.15) is 0 Å². The zero-order chi connectivity index (χ0) is 19.8. The fraction of sp³-hybridized carbons (Fsp3) is 1.00. The summed E-state index contributed by atoms with van der Waals surface area (Å²) in [5, 5.41) is 0. The van der Waals surface area contributed by atoms with Crippen LogP contribution in [0.5, 0.6) is 0 Å². The van der Waals surface area contributed by atoms with Gasteiger partial charge in [0.05, 0.1) is 0 Å². The maximum atomic E-state index is 1.50. The molecule has 0 nitrogen and oxygen atoms in total. The molecule has 0 amide bonds. The first kappa shape index (κ1) is 26.0. The Hall–Kier alpha value is 0. The van der Waals surface area contributed by atoms with Crippen LogP contribution in [0.3, 0.4) is 0 Å². The summed E-state index contributed by atoms with van der Waals surface area (Å²) in [7, 11) is 0. The van der Waals surface area contributed by atoms with Crippen molar-refractivity contribution in [2.75, 3.05) is 0 Å². The molecule has 4 fully saturated rings. The molecule has 0 N–H and O–H groups in total. The van der Waals surface area contributed by atoms with Gasteiger partial charge in [-0.15, -0.1) is 0 Å². The summed E-state index contributed by atoms with van der Waals surface area (Å²) in [5.41, 5.74) is 0. The Labute approximate surface area is 180 Å². The van der Waals surface area contributed by atoms with Crippen LogP contribution in [-0.4, -0.2) is 0 Å². The summed E-state index contributed by atoms with van der Waals surface area (Å²) in [6.45, 7) is 0. The summed E-state index contributed by atoms with van der Waals surface area (Å²) in [6.07, 6.45) is 42.0. The van der Waals surface area contributed by atoms with E-state index in [1.807, 2.05) is 0 Å². The third-order valence-electron chi connectivity index (χ3n) is 7.00. The van der Waals surface area contributed by atoms with Crippen LogP contribution in [0.25, 0.3) is 0 Å². The van der Waals surface area contributed by atoms with Crippen molar-refractivity contribution in [1.29, 1.82) is 0 Å². The topological polar surface area (TPSA) is 0 Å². The minimum Gasteiger partial charge on any atom is -0.0533 e. The fourth-order valence-corrected chi connectivity index (χ4v) is 4.04. The largest absolute Gasteiger partial charge is 0.0533 e. The van der Waals surface area contributed by atoms with Gasteiger partial charge in [-0.3, -0.25) is 0 Å². The van der Waals surface area contributed by atoms with Crippen LogP contribution in [0.1, 0.15) is 180 Å². The number of rotatable bonds is 0. The summed E-state index contributed by atoms with van der Waals surface area (Å²) >= 11 is 0. The molecular formula is C28H56. The molecule has 0 saturated heterocycles. The molecule has 0 aromatic carbocycles. The first-order chi connectivity index (χ1) is 14.0. The first-order valence-electron chi connectivity index (χ1n) is 14.0. The molecule has 0 heterocycles. The van der Waals surface area contributed by atoms with E-state index in [4.69, 9.17) is 0 Å². The van der Waals surface area contributed by atoms with E-state index in [9.17, 15) is 0 Å². The monoisotopic (exact) mass is 392 g/mol. The zero-order valence-electron chi connectivity index (χ0n) is 19.8. The van der Waals surface area contributed by atoms with E-state index in [1.54, 1.807) is 0 Å². The van der Waals surface area contributed by atoms with Crippen molar-refractivity contribution < 1.29 is 0 Å². The van der Waals surface area contributed by atoms with Gasteiger partial charge in [0.15, 0.2) is 0 Å². The average molecular weight is 393 g/mol. The summed E-state index contributed by atoms with van der Waals surface area (Å²) in [5.74, 6) is 0. The molecule has 0 aromatic rings. The van der Waals surface area contributed by atoms with E-state index in [0.29, 0.717) is 0 Å². The number of hydrogen-bond donors (Lipinski definition) is 0. The van der Waals surface area contributed by atoms with Crippen molar-refractivity contribution in [3.8, 4) is 0 Å². The Morgan fingerprint density at radius 3 is 0.143 bits per heavy atom. The van der Waals surface area contributed by atoms with Crippen LogP contribution in [0.4, 0.5) is 0 Å². The van der Waals surface area contributed by atoms with E-state index >= 15 is 0 Å². The van der Waals surface area contributed by atoms with Crippen molar-refractivity contribution >= 4 is 0 Å². The minimum atomic E-state index is 1.50. The Balaban J connectivity index is 0.000000202. The Morgan fingerprint density at radius 1 is 0.0714 bits per heavy atom. The second kappa shape index (κ2) is 23.3. The molecule has 0 atom stereocenters. The van der Waals surface area contributed by atoms with E-state index in [-0.39, 0.29) is 0 Å². The van der Waals surface area contributed by atoms with Crippen LogP contribution >= 0.6 is 0 Å². The third-order valence-corrected chi connectivity index (χ3v) is 7.00. The second-order valence-corrected chi connectivity index (χ2v) is 9.90. The summed E-state index contributed by atoms with van der Waals surface area (Å²) in [4.78, 5) is 0. The van der Waals surface area contributed by atoms with Gasteiger partial charge in [0.2, 0.25) is 0 Å². The lowest BCUT2D eigenvalue weighted by atomic mass is 10.0. The highest BCUT2D eigenvalue weighted by atomic mass is 14.0. The highest BCUT2D eigenvalue weighted by Gasteiger charge is 1.97. The predicted molar refractivity (Wildman–Crippen MR) is 129 cm³/mol. The van der Waals surface area contributed by atoms with Crippen LogP contribution in [0.2, 0.25) is 0 Å². The molecule has 4 aliphatic carbocycles. The van der Waals surface area contributed by atoms with Crippen molar-refractivity contribution in [3.05, 3.63) is 0 Å². The van der Waals surface area contributed by atoms with Crippen LogP contribution < -0.4 is 0 Å². The van der Waals surface area contributed by atoms with Gasteiger partial charge < -0.3 is 0 Å². The quantitative estimate of drug-likeness (QED) is 0.384. The van der Waals surface area contributed by atoms with Gasteiger partial charge in [-0.1, -0.05) is 180 Å². The molecule has 0 unspecified atom stereocenters. The SMILES string of the molecule is C1CCC1.C1CCC1.C1CCCCCCCCC1.C1CCCCCCCCC1. The van der Waals surface area contributed by atoms with Crippen LogP contribution in [-0.2, 0) is 0 Å². The van der Waals surface area contributed by atoms with E-state index in [2.05, 4.69) is 0 Å². The molecule has 4 aliphatic rings. The molecule has 0 bridgehead atoms. The van der Waals surface area contributed by atoms with Gasteiger partial charge >= 0.3 is 0 Å². The normalized spacial score (nSPS) is 24.0. The highest BCUT2D eigenvalue weighted by Crippen LogP contribution is 2.17. The zero-order valence-corrected chi connectivity index (χ0v) is 19.8. The lowest BCUT2D eigenvalue weighted by Gasteiger charge is -2.05. The number of hydrogen-bond acceptors (Lipinski definition) is 0. The smallest absolute Gasteiger partial charge is 0.0533 e. The molecular weight excluding hydrogens is 336 g/mol. The van der Waals surface area contributed by atoms with Crippen LogP contribution in [0.15, 0.2) is 0 Å². The molecule has 0 aromatic heterocycles. The molecule has 0 radical (unpaired) electrons. The second-order valence-electron chi connectivity index (χ2n) is 9.90. The van der Waals surface area contributed by atoms with E-state index < -0.39 is 0 Å². The standard InChI is InChI=1S/2C10H20.2C4H8/c2*1-2-4-6-8-10-9-7-5-3-1;2*1-2-4-3-1/h2*1-10H2;2*1-4H2. The maximum Gasteiger partial charge on any atom is -0.0533 e. The highest BCUT2D eigenvalue weighted by molar-refractivity contribution is 4.53. The third kappa shape index (κ3) is 20.7. The fourth-order valence-electron chi connectivity index (χ4n) is 4.04. The molecule has 4 rings (SSSR count). The molecule has 168 valence electrons. The minimum absolute atomic E-state index is 1.50. The summed E-state index contributed by atoms with van der Waals surface area (Å²) in [6, 6.07) is 0. The van der Waals surface area contributed by atoms with Crippen molar-refractivity contribution in [3.63, 3.8) is 0 Å². The molecule has 0 aliphatic heterocycles. The average Bonchev–Trinajstić information content (AvgIpc) is 2.63. The lowest BCUT2D eigenvalue weighted by molar-refractivity contribution is 0.504. The lowest BCUT2D eigenvalue weighted by Crippen LogP contribution is -1.85.